The number of fused-ring (bicyclic) bond motifs is 2. The minimum absolute atomic E-state index is 0.119. The van der Waals surface area contributed by atoms with Crippen molar-refractivity contribution in [1.82, 2.24) is 9.88 Å². The van der Waals surface area contributed by atoms with Crippen molar-refractivity contribution in [3.05, 3.63) is 51.9 Å². The molecule has 3 aromatic heterocycles. The van der Waals surface area contributed by atoms with Crippen molar-refractivity contribution in [2.75, 3.05) is 11.9 Å². The van der Waals surface area contributed by atoms with E-state index < -0.39 is 0 Å². The van der Waals surface area contributed by atoms with Crippen molar-refractivity contribution in [2.24, 2.45) is 0 Å². The molecular formula is C24H27N3O2S2. The van der Waals surface area contributed by atoms with Gasteiger partial charge in [0.2, 0.25) is 0 Å². The lowest BCUT2D eigenvalue weighted by atomic mass is 9.95. The fraction of sp³-hybridized carbons (Fsp3) is 0.417. The smallest absolute Gasteiger partial charge is 0.272 e. The Kier molecular flexibility index (Phi) is 5.71. The molecule has 5 nitrogen and oxygen atoms in total. The molecule has 0 radical (unpaired) electrons. The molecule has 1 fully saturated rings. The second kappa shape index (κ2) is 8.63. The number of anilines is 1. The van der Waals surface area contributed by atoms with Gasteiger partial charge in [0.25, 0.3) is 11.8 Å². The average molecular weight is 454 g/mol. The first-order valence-electron chi connectivity index (χ1n) is 11.1. The molecule has 0 spiro atoms. The van der Waals surface area contributed by atoms with Gasteiger partial charge in [0.1, 0.15) is 10.7 Å². The monoisotopic (exact) mass is 453 g/mol. The van der Waals surface area contributed by atoms with Gasteiger partial charge in [-0.3, -0.25) is 9.59 Å². The first kappa shape index (κ1) is 20.5. The summed E-state index contributed by atoms with van der Waals surface area (Å²) >= 11 is 3.24. The van der Waals surface area contributed by atoms with Crippen molar-refractivity contribution in [3.63, 3.8) is 0 Å². The number of thiophene rings is 2. The quantitative estimate of drug-likeness (QED) is 0.455. The van der Waals surface area contributed by atoms with Gasteiger partial charge >= 0.3 is 0 Å². The van der Waals surface area contributed by atoms with E-state index in [4.69, 9.17) is 0 Å². The Morgan fingerprint density at radius 1 is 1.16 bits per heavy atom. The van der Waals surface area contributed by atoms with Crippen molar-refractivity contribution >= 4 is 49.7 Å². The molecule has 0 atom stereocenters. The second-order valence-electron chi connectivity index (χ2n) is 8.38. The van der Waals surface area contributed by atoms with Gasteiger partial charge in [-0.2, -0.15) is 0 Å². The summed E-state index contributed by atoms with van der Waals surface area (Å²) in [6.45, 7) is 4.11. The third-order valence-electron chi connectivity index (χ3n) is 6.42. The number of hydrogen-bond acceptors (Lipinski definition) is 4. The number of carbonyl (C=O) groups excluding carboxylic acids is 2. The second-order valence-corrected chi connectivity index (χ2v) is 10.4. The average Bonchev–Trinajstić information content (AvgIpc) is 3.54. The molecule has 3 aromatic rings. The lowest BCUT2D eigenvalue weighted by molar-refractivity contribution is 0.0958. The number of nitrogens with zero attached hydrogens (tertiary/aromatic N) is 1. The lowest BCUT2D eigenvalue weighted by Gasteiger charge is -2.17. The van der Waals surface area contributed by atoms with E-state index in [1.165, 1.54) is 17.7 Å². The van der Waals surface area contributed by atoms with Crippen LogP contribution >= 0.6 is 22.7 Å². The minimum Gasteiger partial charge on any atom is -0.348 e. The maximum absolute atomic E-state index is 13.5. The summed E-state index contributed by atoms with van der Waals surface area (Å²) in [6, 6.07) is 4.51. The molecule has 0 saturated heterocycles. The first-order chi connectivity index (χ1) is 15.2. The Balaban J connectivity index is 1.50. The van der Waals surface area contributed by atoms with Crippen LogP contribution in [0, 0.1) is 0 Å². The van der Waals surface area contributed by atoms with E-state index in [-0.39, 0.29) is 11.8 Å². The highest BCUT2D eigenvalue weighted by Crippen LogP contribution is 2.40. The van der Waals surface area contributed by atoms with E-state index in [1.807, 2.05) is 6.07 Å². The highest BCUT2D eigenvalue weighted by atomic mass is 32.1. The third-order valence-corrected chi connectivity index (χ3v) is 8.48. The molecular weight excluding hydrogens is 426 g/mol. The fourth-order valence-corrected chi connectivity index (χ4v) is 7.08. The molecule has 0 aromatic carbocycles. The summed E-state index contributed by atoms with van der Waals surface area (Å²) in [6.07, 6.45) is 10.4. The number of carbonyl (C=O) groups is 2. The van der Waals surface area contributed by atoms with E-state index in [1.54, 1.807) is 28.7 Å². The fourth-order valence-electron chi connectivity index (χ4n) is 4.99. The van der Waals surface area contributed by atoms with Gasteiger partial charge in [0.05, 0.1) is 15.8 Å². The number of nitrogens with one attached hydrogen (secondary N) is 2. The first-order valence-corrected chi connectivity index (χ1v) is 12.8. The van der Waals surface area contributed by atoms with Crippen molar-refractivity contribution in [1.29, 1.82) is 0 Å². The summed E-state index contributed by atoms with van der Waals surface area (Å²) in [4.78, 5) is 27.7. The van der Waals surface area contributed by atoms with Crippen LogP contribution in [0.2, 0.25) is 0 Å². The van der Waals surface area contributed by atoms with Crippen LogP contribution in [0.3, 0.4) is 0 Å². The zero-order valence-electron chi connectivity index (χ0n) is 17.5. The molecule has 31 heavy (non-hydrogen) atoms. The van der Waals surface area contributed by atoms with Crippen molar-refractivity contribution < 1.29 is 9.59 Å². The van der Waals surface area contributed by atoms with Gasteiger partial charge in [-0.05, 0) is 61.6 Å². The van der Waals surface area contributed by atoms with Crippen LogP contribution in [-0.2, 0) is 12.8 Å². The summed E-state index contributed by atoms with van der Waals surface area (Å²) in [7, 11) is 0. The van der Waals surface area contributed by atoms with Crippen LogP contribution < -0.4 is 10.6 Å². The highest BCUT2D eigenvalue weighted by molar-refractivity contribution is 7.17. The number of aryl methyl sites for hydroxylation is 1. The highest BCUT2D eigenvalue weighted by Gasteiger charge is 2.29. The van der Waals surface area contributed by atoms with Gasteiger partial charge in [-0.1, -0.05) is 18.9 Å². The van der Waals surface area contributed by atoms with E-state index in [0.717, 1.165) is 54.3 Å². The van der Waals surface area contributed by atoms with Crippen LogP contribution in [0.15, 0.2) is 30.2 Å². The van der Waals surface area contributed by atoms with Crippen molar-refractivity contribution in [2.45, 2.75) is 57.4 Å². The third kappa shape index (κ3) is 3.74. The predicted octanol–water partition coefficient (Wildman–Crippen LogP) is 5.93. The normalized spacial score (nSPS) is 16.4. The van der Waals surface area contributed by atoms with Gasteiger partial charge in [0.15, 0.2) is 0 Å². The van der Waals surface area contributed by atoms with E-state index in [0.29, 0.717) is 28.8 Å². The molecule has 0 aliphatic heterocycles. The Morgan fingerprint density at radius 3 is 2.77 bits per heavy atom. The SMILES string of the molecule is C=CCNC(=O)c1c(NC(=O)c2cc3sccc3n2C2CCCC2)sc2c1CCCC2. The van der Waals surface area contributed by atoms with Gasteiger partial charge in [-0.25, -0.2) is 0 Å². The van der Waals surface area contributed by atoms with Gasteiger partial charge < -0.3 is 15.2 Å². The van der Waals surface area contributed by atoms with E-state index in [9.17, 15) is 9.59 Å². The molecule has 0 unspecified atom stereocenters. The molecule has 0 bridgehead atoms. The van der Waals surface area contributed by atoms with Crippen LogP contribution in [0.25, 0.3) is 10.2 Å². The lowest BCUT2D eigenvalue weighted by Crippen LogP contribution is -2.26. The maximum atomic E-state index is 13.5. The standard InChI is InChI=1S/C24H27N3O2S2/c1-2-12-25-23(29)21-16-9-5-6-10-19(16)31-24(21)26-22(28)18-14-20-17(11-13-30-20)27(18)15-7-3-4-8-15/h2,11,13-15H,1,3-10,12H2,(H,25,29)(H,26,28). The maximum Gasteiger partial charge on any atom is 0.272 e. The largest absolute Gasteiger partial charge is 0.348 e. The zero-order chi connectivity index (χ0) is 21.4. The molecule has 2 aliphatic rings. The zero-order valence-corrected chi connectivity index (χ0v) is 19.2. The summed E-state index contributed by atoms with van der Waals surface area (Å²) < 4.78 is 3.38. The van der Waals surface area contributed by atoms with Crippen molar-refractivity contribution in [3.8, 4) is 0 Å². The molecule has 5 rings (SSSR count). The van der Waals surface area contributed by atoms with Crippen LogP contribution in [0.5, 0.6) is 0 Å². The van der Waals surface area contributed by atoms with Crippen LogP contribution in [0.1, 0.15) is 75.9 Å². The number of amides is 2. The number of rotatable bonds is 6. The summed E-state index contributed by atoms with van der Waals surface area (Å²) in [5.41, 5.74) is 3.62. The Bertz CT molecular complexity index is 1150. The molecule has 2 amide bonds. The Labute approximate surface area is 190 Å². The van der Waals surface area contributed by atoms with E-state index >= 15 is 0 Å². The Morgan fingerprint density at radius 2 is 1.97 bits per heavy atom. The summed E-state index contributed by atoms with van der Waals surface area (Å²) in [5, 5.41) is 8.81. The topological polar surface area (TPSA) is 63.1 Å². The molecule has 7 heteroatoms. The molecule has 2 N–H and O–H groups in total. The van der Waals surface area contributed by atoms with Gasteiger partial charge in [0, 0.05) is 17.5 Å². The number of hydrogen-bond donors (Lipinski definition) is 2. The summed E-state index contributed by atoms with van der Waals surface area (Å²) in [5.74, 6) is -0.242. The minimum atomic E-state index is -0.123. The Hall–Kier alpha value is -2.38. The molecule has 3 heterocycles. The molecule has 162 valence electrons. The molecule has 1 saturated carbocycles. The number of aromatic nitrogens is 1. The molecule has 2 aliphatic carbocycles. The van der Waals surface area contributed by atoms with E-state index in [2.05, 4.69) is 33.2 Å². The van der Waals surface area contributed by atoms with Crippen LogP contribution in [-0.4, -0.2) is 22.9 Å². The van der Waals surface area contributed by atoms with Gasteiger partial charge in [-0.15, -0.1) is 29.3 Å². The predicted molar refractivity (Wildman–Crippen MR) is 129 cm³/mol. The van der Waals surface area contributed by atoms with Crippen LogP contribution in [0.4, 0.5) is 5.00 Å².